The van der Waals surface area contributed by atoms with Gasteiger partial charge in [0.25, 0.3) is 0 Å². The molecule has 32 heavy (non-hydrogen) atoms. The van der Waals surface area contributed by atoms with Gasteiger partial charge in [-0.15, -0.1) is 0 Å². The molecule has 0 saturated carbocycles. The third-order valence-corrected chi connectivity index (χ3v) is 7.14. The SMILES string of the molecule is CCCCCCCCCCCC/C=C/CCCCCC1NC=C[N+]1(CC)C(C)NC(C)=O. The highest BCUT2D eigenvalue weighted by molar-refractivity contribution is 5.72. The van der Waals surface area contributed by atoms with Crippen LogP contribution in [0, 0.1) is 0 Å². The number of carbonyl (C=O) groups excluding carboxylic acids is 1. The van der Waals surface area contributed by atoms with Crippen LogP contribution in [0.1, 0.15) is 130 Å². The molecule has 0 aromatic carbocycles. The van der Waals surface area contributed by atoms with Gasteiger partial charge in [0, 0.05) is 20.3 Å². The topological polar surface area (TPSA) is 41.1 Å². The van der Waals surface area contributed by atoms with E-state index in [4.69, 9.17) is 0 Å². The zero-order valence-corrected chi connectivity index (χ0v) is 21.8. The third-order valence-electron chi connectivity index (χ3n) is 7.14. The number of rotatable bonds is 20. The van der Waals surface area contributed by atoms with Crippen molar-refractivity contribution in [2.45, 2.75) is 143 Å². The summed E-state index contributed by atoms with van der Waals surface area (Å²) in [4.78, 5) is 11.5. The molecule has 1 aliphatic heterocycles. The first-order valence-electron chi connectivity index (χ1n) is 13.8. The summed E-state index contributed by atoms with van der Waals surface area (Å²) in [5.74, 6) is 0.0482. The van der Waals surface area contributed by atoms with Crippen LogP contribution in [0.15, 0.2) is 24.6 Å². The molecule has 1 rings (SSSR count). The van der Waals surface area contributed by atoms with Crippen LogP contribution in [0.4, 0.5) is 0 Å². The van der Waals surface area contributed by atoms with Crippen LogP contribution in [0.25, 0.3) is 0 Å². The molecular formula is C28H54N3O+. The lowest BCUT2D eigenvalue weighted by Crippen LogP contribution is -2.62. The minimum absolute atomic E-state index is 0.0482. The smallest absolute Gasteiger partial charge is 0.221 e. The molecule has 186 valence electrons. The number of allylic oxidation sites excluding steroid dienone is 2. The van der Waals surface area contributed by atoms with Crippen molar-refractivity contribution in [3.63, 3.8) is 0 Å². The maximum absolute atomic E-state index is 11.5. The molecule has 2 N–H and O–H groups in total. The first-order chi connectivity index (χ1) is 15.6. The molecular weight excluding hydrogens is 394 g/mol. The fourth-order valence-electron chi connectivity index (χ4n) is 5.03. The van der Waals surface area contributed by atoms with Crippen LogP contribution in [0.5, 0.6) is 0 Å². The van der Waals surface area contributed by atoms with E-state index < -0.39 is 0 Å². The number of carbonyl (C=O) groups is 1. The number of unbranched alkanes of at least 4 members (excludes halogenated alkanes) is 13. The van der Waals surface area contributed by atoms with Crippen molar-refractivity contribution >= 4 is 5.91 Å². The van der Waals surface area contributed by atoms with E-state index in [1.165, 1.54) is 96.3 Å². The second-order valence-electron chi connectivity index (χ2n) is 9.77. The number of nitrogens with one attached hydrogen (secondary N) is 2. The van der Waals surface area contributed by atoms with Crippen molar-refractivity contribution in [1.82, 2.24) is 10.6 Å². The highest BCUT2D eigenvalue weighted by Gasteiger charge is 2.41. The van der Waals surface area contributed by atoms with Gasteiger partial charge in [-0.3, -0.25) is 9.28 Å². The summed E-state index contributed by atoms with van der Waals surface area (Å²) < 4.78 is 0.804. The van der Waals surface area contributed by atoms with Crippen LogP contribution in [0.3, 0.4) is 0 Å². The van der Waals surface area contributed by atoms with Gasteiger partial charge in [0.15, 0.2) is 12.3 Å². The maximum atomic E-state index is 11.5. The Hall–Kier alpha value is -1.29. The second kappa shape index (κ2) is 18.2. The van der Waals surface area contributed by atoms with Crippen LogP contribution in [-0.4, -0.2) is 29.3 Å². The zero-order chi connectivity index (χ0) is 23.5. The maximum Gasteiger partial charge on any atom is 0.221 e. The molecule has 1 amide bonds. The second-order valence-corrected chi connectivity index (χ2v) is 9.77. The Balaban J connectivity index is 2.02. The third kappa shape index (κ3) is 11.5. The number of hydrogen-bond acceptors (Lipinski definition) is 2. The summed E-state index contributed by atoms with van der Waals surface area (Å²) in [5, 5.41) is 6.63. The van der Waals surface area contributed by atoms with Crippen molar-refractivity contribution in [1.29, 1.82) is 0 Å². The van der Waals surface area contributed by atoms with Gasteiger partial charge < -0.3 is 10.6 Å². The first kappa shape index (κ1) is 28.7. The molecule has 0 radical (unpaired) electrons. The normalized spacial score (nSPS) is 21.2. The molecule has 4 heteroatoms. The lowest BCUT2D eigenvalue weighted by atomic mass is 10.1. The monoisotopic (exact) mass is 448 g/mol. The highest BCUT2D eigenvalue weighted by atomic mass is 16.1. The Morgan fingerprint density at radius 2 is 1.44 bits per heavy atom. The van der Waals surface area contributed by atoms with E-state index >= 15 is 0 Å². The molecule has 0 aromatic heterocycles. The number of quaternary nitrogens is 1. The largest absolute Gasteiger partial charge is 0.338 e. The van der Waals surface area contributed by atoms with Crippen LogP contribution in [0.2, 0.25) is 0 Å². The fraction of sp³-hybridized carbons (Fsp3) is 0.821. The lowest BCUT2D eigenvalue weighted by Gasteiger charge is -2.41. The number of amides is 1. The van der Waals surface area contributed by atoms with Crippen LogP contribution >= 0.6 is 0 Å². The molecule has 0 aliphatic carbocycles. The molecule has 1 aliphatic rings. The van der Waals surface area contributed by atoms with Crippen LogP contribution < -0.4 is 10.6 Å². The Bertz CT molecular complexity index is 531. The Morgan fingerprint density at radius 3 is 1.97 bits per heavy atom. The lowest BCUT2D eigenvalue weighted by molar-refractivity contribution is -0.923. The van der Waals surface area contributed by atoms with Crippen LogP contribution in [-0.2, 0) is 4.79 Å². The quantitative estimate of drug-likeness (QED) is 0.115. The van der Waals surface area contributed by atoms with Crippen molar-refractivity contribution < 1.29 is 9.28 Å². The predicted octanol–water partition coefficient (Wildman–Crippen LogP) is 7.52. The first-order valence-corrected chi connectivity index (χ1v) is 13.8. The van der Waals surface area contributed by atoms with Gasteiger partial charge in [0.1, 0.15) is 6.20 Å². The molecule has 4 nitrogen and oxygen atoms in total. The van der Waals surface area contributed by atoms with Gasteiger partial charge in [-0.25, -0.2) is 0 Å². The summed E-state index contributed by atoms with van der Waals surface area (Å²) in [6.07, 6.45) is 31.1. The molecule has 1 heterocycles. The van der Waals surface area contributed by atoms with E-state index in [9.17, 15) is 4.79 Å². The Kier molecular flexibility index (Phi) is 16.3. The summed E-state index contributed by atoms with van der Waals surface area (Å²) in [6.45, 7) is 9.21. The fourth-order valence-corrected chi connectivity index (χ4v) is 5.03. The summed E-state index contributed by atoms with van der Waals surface area (Å²) in [5.41, 5.74) is 0. The number of hydrogen-bond donors (Lipinski definition) is 2. The molecule has 3 unspecified atom stereocenters. The number of nitrogens with zero attached hydrogens (tertiary/aromatic N) is 1. The van der Waals surface area contributed by atoms with Gasteiger partial charge >= 0.3 is 0 Å². The molecule has 0 bridgehead atoms. The predicted molar refractivity (Wildman–Crippen MR) is 139 cm³/mol. The van der Waals surface area contributed by atoms with Gasteiger partial charge in [0.2, 0.25) is 5.91 Å². The average molecular weight is 449 g/mol. The Labute approximate surface area is 199 Å². The minimum atomic E-state index is 0.0482. The van der Waals surface area contributed by atoms with Crippen molar-refractivity contribution in [3.05, 3.63) is 24.6 Å². The van der Waals surface area contributed by atoms with E-state index in [1.807, 2.05) is 0 Å². The molecule has 0 saturated heterocycles. The molecule has 0 aromatic rings. The summed E-state index contributed by atoms with van der Waals surface area (Å²) >= 11 is 0. The standard InChI is InChI=1S/C28H53N3O/c1-5-7-8-9-10-11-12-13-14-15-16-17-18-19-20-21-22-23-28-29-24-25-31(28,6-2)26(3)30-27(4)32/h17-18,24-26,28-29H,5-16,19-23H2,1-4H3/p+1/b18-17+. The van der Waals surface area contributed by atoms with Crippen molar-refractivity contribution in [2.24, 2.45) is 0 Å². The van der Waals surface area contributed by atoms with Gasteiger partial charge in [-0.05, 0) is 39.0 Å². The van der Waals surface area contributed by atoms with Crippen molar-refractivity contribution in [3.8, 4) is 0 Å². The minimum Gasteiger partial charge on any atom is -0.338 e. The van der Waals surface area contributed by atoms with Gasteiger partial charge in [-0.1, -0.05) is 83.3 Å². The van der Waals surface area contributed by atoms with E-state index in [1.54, 1.807) is 6.92 Å². The Morgan fingerprint density at radius 1 is 0.906 bits per heavy atom. The summed E-state index contributed by atoms with van der Waals surface area (Å²) in [7, 11) is 0. The van der Waals surface area contributed by atoms with Crippen molar-refractivity contribution in [2.75, 3.05) is 6.54 Å². The molecule has 3 atom stereocenters. The van der Waals surface area contributed by atoms with E-state index in [2.05, 4.69) is 56.0 Å². The van der Waals surface area contributed by atoms with E-state index in [0.29, 0.717) is 6.17 Å². The zero-order valence-electron chi connectivity index (χ0n) is 21.8. The highest BCUT2D eigenvalue weighted by Crippen LogP contribution is 2.26. The van der Waals surface area contributed by atoms with Gasteiger partial charge in [-0.2, -0.15) is 0 Å². The van der Waals surface area contributed by atoms with E-state index in [-0.39, 0.29) is 12.1 Å². The van der Waals surface area contributed by atoms with E-state index in [0.717, 1.165) is 17.4 Å². The molecule has 0 fully saturated rings. The molecule has 0 spiro atoms. The average Bonchev–Trinajstić information content (AvgIpc) is 3.19. The van der Waals surface area contributed by atoms with Gasteiger partial charge in [0.05, 0.1) is 12.7 Å². The summed E-state index contributed by atoms with van der Waals surface area (Å²) in [6, 6.07) is 0.